The van der Waals surface area contributed by atoms with E-state index in [0.29, 0.717) is 10.7 Å². The highest BCUT2D eigenvalue weighted by atomic mass is 35.5. The molecule has 30 heavy (non-hydrogen) atoms. The lowest BCUT2D eigenvalue weighted by Crippen LogP contribution is -2.13. The van der Waals surface area contributed by atoms with Gasteiger partial charge in [0.25, 0.3) is 11.6 Å². The molecular weight excluding hydrogens is 455 g/mol. The smallest absolute Gasteiger partial charge is 0.339 e. The van der Waals surface area contributed by atoms with Gasteiger partial charge in [-0.3, -0.25) is 14.9 Å². The van der Waals surface area contributed by atoms with Crippen molar-refractivity contribution in [1.29, 1.82) is 0 Å². The van der Waals surface area contributed by atoms with E-state index in [4.69, 9.17) is 27.4 Å². The monoisotopic (exact) mass is 466 g/mol. The van der Waals surface area contributed by atoms with E-state index >= 15 is 0 Å². The number of benzene rings is 3. The van der Waals surface area contributed by atoms with Gasteiger partial charge in [0.15, 0.2) is 0 Å². The number of nitrogens with one attached hydrogen (secondary N) is 1. The number of nitro groups is 1. The van der Waals surface area contributed by atoms with Crippen LogP contribution >= 0.6 is 23.2 Å². The molecule has 1 amide bonds. The van der Waals surface area contributed by atoms with Crippen LogP contribution in [0.3, 0.4) is 0 Å². The molecule has 0 aliphatic carbocycles. The van der Waals surface area contributed by atoms with Crippen LogP contribution in [0.1, 0.15) is 10.4 Å². The lowest BCUT2D eigenvalue weighted by molar-refractivity contribution is -0.384. The zero-order valence-electron chi connectivity index (χ0n) is 14.9. The Morgan fingerprint density at radius 1 is 0.967 bits per heavy atom. The van der Waals surface area contributed by atoms with Crippen LogP contribution in [0.4, 0.5) is 11.4 Å². The van der Waals surface area contributed by atoms with Gasteiger partial charge in [0.2, 0.25) is 0 Å². The maximum atomic E-state index is 12.4. The van der Waals surface area contributed by atoms with E-state index in [9.17, 15) is 23.3 Å². The van der Waals surface area contributed by atoms with Crippen molar-refractivity contribution in [2.75, 3.05) is 5.32 Å². The summed E-state index contributed by atoms with van der Waals surface area (Å²) in [7, 11) is -4.23. The Morgan fingerprint density at radius 2 is 1.67 bits per heavy atom. The van der Waals surface area contributed by atoms with Gasteiger partial charge in [-0.2, -0.15) is 8.42 Å². The van der Waals surface area contributed by atoms with Crippen LogP contribution < -0.4 is 9.50 Å². The normalized spacial score (nSPS) is 11.0. The molecule has 0 aromatic heterocycles. The second-order valence-corrected chi connectivity index (χ2v) is 8.26. The van der Waals surface area contributed by atoms with Gasteiger partial charge in [-0.15, -0.1) is 0 Å². The van der Waals surface area contributed by atoms with Crippen molar-refractivity contribution in [1.82, 2.24) is 0 Å². The molecule has 11 heteroatoms. The molecule has 0 heterocycles. The Morgan fingerprint density at radius 3 is 2.30 bits per heavy atom. The zero-order chi connectivity index (χ0) is 21.9. The zero-order valence-corrected chi connectivity index (χ0v) is 17.2. The van der Waals surface area contributed by atoms with Gasteiger partial charge in [-0.05, 0) is 48.5 Å². The molecule has 3 rings (SSSR count). The fraction of sp³-hybridized carbons (Fsp3) is 0. The number of nitro benzene ring substituents is 1. The molecule has 3 aromatic rings. The number of anilines is 1. The van der Waals surface area contributed by atoms with Crippen molar-refractivity contribution >= 4 is 50.6 Å². The van der Waals surface area contributed by atoms with Gasteiger partial charge in [0, 0.05) is 17.3 Å². The Hall–Kier alpha value is -3.14. The van der Waals surface area contributed by atoms with E-state index in [1.165, 1.54) is 60.7 Å². The van der Waals surface area contributed by atoms with Gasteiger partial charge in [0.1, 0.15) is 10.6 Å². The molecule has 0 unspecified atom stereocenters. The molecule has 0 radical (unpaired) electrons. The fourth-order valence-corrected chi connectivity index (χ4v) is 3.59. The minimum atomic E-state index is -4.23. The molecule has 154 valence electrons. The lowest BCUT2D eigenvalue weighted by Gasteiger charge is -2.09. The van der Waals surface area contributed by atoms with Crippen molar-refractivity contribution in [3.8, 4) is 5.75 Å². The van der Waals surface area contributed by atoms with Crippen LogP contribution in [0, 0.1) is 10.1 Å². The second-order valence-electron chi connectivity index (χ2n) is 5.90. The standard InChI is InChI=1S/C19H12Cl2N2O6S/c20-17-9-4-12(10-18(17)21)19(24)22-13-5-7-16(8-6-13)30(27,28)29-15-3-1-2-14(11-15)23(25)26/h1-11H,(H,22,24). The summed E-state index contributed by atoms with van der Waals surface area (Å²) >= 11 is 11.7. The average molecular weight is 467 g/mol. The van der Waals surface area contributed by atoms with Crippen molar-refractivity contribution in [3.63, 3.8) is 0 Å². The topological polar surface area (TPSA) is 116 Å². The molecule has 0 bridgehead atoms. The first-order chi connectivity index (χ1) is 14.2. The summed E-state index contributed by atoms with van der Waals surface area (Å²) in [5.41, 5.74) is 0.304. The van der Waals surface area contributed by atoms with Crippen LogP contribution in [0.5, 0.6) is 5.75 Å². The van der Waals surface area contributed by atoms with E-state index in [1.54, 1.807) is 0 Å². The van der Waals surface area contributed by atoms with E-state index in [1.807, 2.05) is 0 Å². The quantitative estimate of drug-likeness (QED) is 0.313. The highest BCUT2D eigenvalue weighted by Crippen LogP contribution is 2.25. The van der Waals surface area contributed by atoms with Gasteiger partial charge in [-0.25, -0.2) is 0 Å². The first-order valence-corrected chi connectivity index (χ1v) is 10.4. The van der Waals surface area contributed by atoms with Crippen LogP contribution in [0.2, 0.25) is 10.0 Å². The van der Waals surface area contributed by atoms with Crippen molar-refractivity contribution < 1.29 is 22.3 Å². The number of hydrogen-bond donors (Lipinski definition) is 1. The van der Waals surface area contributed by atoms with Crippen LogP contribution in [0.15, 0.2) is 71.6 Å². The summed E-state index contributed by atoms with van der Waals surface area (Å²) in [5, 5.41) is 13.9. The molecule has 0 aliphatic rings. The predicted octanol–water partition coefficient (Wildman–Crippen LogP) is 4.92. The van der Waals surface area contributed by atoms with Crippen LogP contribution in [-0.4, -0.2) is 19.2 Å². The third-order valence-electron chi connectivity index (χ3n) is 3.82. The second kappa shape index (κ2) is 8.70. The minimum Gasteiger partial charge on any atom is -0.379 e. The maximum Gasteiger partial charge on any atom is 0.339 e. The number of hydrogen-bond acceptors (Lipinski definition) is 6. The number of carbonyl (C=O) groups is 1. The summed E-state index contributed by atoms with van der Waals surface area (Å²) < 4.78 is 29.7. The highest BCUT2D eigenvalue weighted by Gasteiger charge is 2.18. The molecule has 0 spiro atoms. The number of amides is 1. The van der Waals surface area contributed by atoms with E-state index < -0.39 is 20.9 Å². The maximum absolute atomic E-state index is 12.4. The van der Waals surface area contributed by atoms with Gasteiger partial charge < -0.3 is 9.50 Å². The largest absolute Gasteiger partial charge is 0.379 e. The molecule has 8 nitrogen and oxygen atoms in total. The Labute approximate surface area is 181 Å². The molecule has 0 atom stereocenters. The predicted molar refractivity (Wildman–Crippen MR) is 112 cm³/mol. The number of halogens is 2. The first-order valence-electron chi connectivity index (χ1n) is 8.21. The van der Waals surface area contributed by atoms with Crippen LogP contribution in [-0.2, 0) is 10.1 Å². The van der Waals surface area contributed by atoms with Gasteiger partial charge in [0.05, 0.1) is 21.0 Å². The summed E-state index contributed by atoms with van der Waals surface area (Å²) in [6, 6.07) is 14.4. The Balaban J connectivity index is 1.74. The van der Waals surface area contributed by atoms with Crippen LogP contribution in [0.25, 0.3) is 0 Å². The molecular formula is C19H12Cl2N2O6S. The summed E-state index contributed by atoms with van der Waals surface area (Å²) in [6.07, 6.45) is 0. The average Bonchev–Trinajstić information content (AvgIpc) is 2.70. The van der Waals surface area contributed by atoms with Gasteiger partial charge in [-0.1, -0.05) is 29.3 Å². The van der Waals surface area contributed by atoms with E-state index in [2.05, 4.69) is 5.32 Å². The molecule has 0 aliphatic heterocycles. The number of non-ortho nitro benzene ring substituents is 1. The number of rotatable bonds is 6. The van der Waals surface area contributed by atoms with Crippen molar-refractivity contribution in [2.24, 2.45) is 0 Å². The SMILES string of the molecule is O=C(Nc1ccc(S(=O)(=O)Oc2cccc([N+](=O)[O-])c2)cc1)c1ccc(Cl)c(Cl)c1. The number of nitrogens with zero attached hydrogens (tertiary/aromatic N) is 1. The van der Waals surface area contributed by atoms with E-state index in [0.717, 1.165) is 6.07 Å². The Kier molecular flexibility index (Phi) is 6.25. The summed E-state index contributed by atoms with van der Waals surface area (Å²) in [4.78, 5) is 22.2. The molecule has 0 saturated heterocycles. The Bertz CT molecular complexity index is 1230. The van der Waals surface area contributed by atoms with Crippen molar-refractivity contribution in [3.05, 3.63) is 92.5 Å². The molecule has 0 saturated carbocycles. The minimum absolute atomic E-state index is 0.193. The third-order valence-corrected chi connectivity index (χ3v) is 5.82. The molecule has 1 N–H and O–H groups in total. The lowest BCUT2D eigenvalue weighted by atomic mass is 10.2. The van der Waals surface area contributed by atoms with E-state index in [-0.39, 0.29) is 26.9 Å². The summed E-state index contributed by atoms with van der Waals surface area (Å²) in [5.74, 6) is -0.654. The summed E-state index contributed by atoms with van der Waals surface area (Å²) in [6.45, 7) is 0. The first kappa shape index (κ1) is 21.6. The van der Waals surface area contributed by atoms with Gasteiger partial charge >= 0.3 is 10.1 Å². The van der Waals surface area contributed by atoms with Crippen molar-refractivity contribution in [2.45, 2.75) is 4.90 Å². The highest BCUT2D eigenvalue weighted by molar-refractivity contribution is 7.87. The third kappa shape index (κ3) is 5.07. The molecule has 3 aromatic carbocycles. The number of carbonyl (C=O) groups excluding carboxylic acids is 1. The molecule has 0 fully saturated rings. The fourth-order valence-electron chi connectivity index (χ4n) is 2.37.